The van der Waals surface area contributed by atoms with Gasteiger partial charge in [0.15, 0.2) is 6.10 Å². The lowest BCUT2D eigenvalue weighted by atomic mass is 9.70. The lowest BCUT2D eigenvalue weighted by Gasteiger charge is -2.42. The van der Waals surface area contributed by atoms with Crippen LogP contribution in [0.3, 0.4) is 0 Å². The van der Waals surface area contributed by atoms with Crippen LogP contribution in [-0.4, -0.2) is 24.1 Å². The molecule has 2 unspecified atom stereocenters. The smallest absolute Gasteiger partial charge is 0.338 e. The maximum absolute atomic E-state index is 13.7. The minimum absolute atomic E-state index is 0.191. The lowest BCUT2D eigenvalue weighted by molar-refractivity contribution is -0.0532. The SMILES string of the molecule is Cc1cc(C)cc(C(=O)OC2C(OC(=O)c3cc(C)cc(C)c3)[C@@H](C)c3ccccc3[C@@H]2c2ccccc2C)c1. The number of hydrogen-bond acceptors (Lipinski definition) is 4. The lowest BCUT2D eigenvalue weighted by Crippen LogP contribution is -2.46. The van der Waals surface area contributed by atoms with Crippen LogP contribution in [0.15, 0.2) is 84.9 Å². The molecular formula is C36H36O4. The molecule has 0 saturated heterocycles. The number of aryl methyl sites for hydroxylation is 5. The van der Waals surface area contributed by atoms with Crippen molar-refractivity contribution in [3.63, 3.8) is 0 Å². The summed E-state index contributed by atoms with van der Waals surface area (Å²) in [5, 5.41) is 0. The van der Waals surface area contributed by atoms with Crippen molar-refractivity contribution in [3.8, 4) is 0 Å². The Labute approximate surface area is 237 Å². The predicted molar refractivity (Wildman–Crippen MR) is 158 cm³/mol. The third-order valence-electron chi connectivity index (χ3n) is 7.89. The number of esters is 2. The molecule has 0 aliphatic heterocycles. The number of carbonyl (C=O) groups excluding carboxylic acids is 2. The highest BCUT2D eigenvalue weighted by atomic mass is 16.6. The molecule has 4 aromatic carbocycles. The van der Waals surface area contributed by atoms with Crippen molar-refractivity contribution in [3.05, 3.63) is 141 Å². The van der Waals surface area contributed by atoms with Crippen LogP contribution in [0, 0.1) is 34.6 Å². The van der Waals surface area contributed by atoms with Gasteiger partial charge in [0, 0.05) is 5.92 Å². The minimum atomic E-state index is -0.728. The average molecular weight is 533 g/mol. The largest absolute Gasteiger partial charge is 0.454 e. The number of rotatable bonds is 5. The summed E-state index contributed by atoms with van der Waals surface area (Å²) in [6.45, 7) is 12.0. The molecule has 204 valence electrons. The van der Waals surface area contributed by atoms with Gasteiger partial charge in [0.2, 0.25) is 0 Å². The number of benzene rings is 4. The van der Waals surface area contributed by atoms with Gasteiger partial charge in [-0.25, -0.2) is 9.59 Å². The van der Waals surface area contributed by atoms with E-state index in [4.69, 9.17) is 9.47 Å². The summed E-state index contributed by atoms with van der Waals surface area (Å²) < 4.78 is 12.7. The molecular weight excluding hydrogens is 496 g/mol. The van der Waals surface area contributed by atoms with Gasteiger partial charge in [0.25, 0.3) is 0 Å². The van der Waals surface area contributed by atoms with E-state index in [0.29, 0.717) is 11.1 Å². The van der Waals surface area contributed by atoms with E-state index in [0.717, 1.165) is 44.5 Å². The van der Waals surface area contributed by atoms with E-state index in [-0.39, 0.29) is 11.8 Å². The molecule has 0 radical (unpaired) electrons. The van der Waals surface area contributed by atoms with Crippen molar-refractivity contribution in [2.45, 2.75) is 65.6 Å². The second-order valence-corrected chi connectivity index (χ2v) is 11.2. The second-order valence-electron chi connectivity index (χ2n) is 11.2. The van der Waals surface area contributed by atoms with Gasteiger partial charge in [0.1, 0.15) is 6.10 Å². The fourth-order valence-electron chi connectivity index (χ4n) is 6.19. The standard InChI is InChI=1S/C36H36O4/c1-21-15-22(2)18-27(17-21)35(37)39-33-26(6)30-13-9-10-14-31(30)32(29-12-8-7-11-25(29)5)34(33)40-36(38)28-19-23(3)16-24(4)20-28/h7-20,26,32-34H,1-6H3/t26-,32-,33?,34?/m0/s1. The zero-order valence-corrected chi connectivity index (χ0v) is 24.0. The Morgan fingerprint density at radius 3 is 1.48 bits per heavy atom. The Morgan fingerprint density at radius 2 is 0.975 bits per heavy atom. The van der Waals surface area contributed by atoms with Crippen molar-refractivity contribution in [1.82, 2.24) is 0 Å². The Morgan fingerprint density at radius 1 is 0.550 bits per heavy atom. The predicted octanol–water partition coefficient (Wildman–Crippen LogP) is 7.93. The summed E-state index contributed by atoms with van der Waals surface area (Å²) in [7, 11) is 0. The van der Waals surface area contributed by atoms with Crippen molar-refractivity contribution >= 4 is 11.9 Å². The van der Waals surface area contributed by atoms with Crippen molar-refractivity contribution in [2.24, 2.45) is 0 Å². The molecule has 0 spiro atoms. The normalized spacial score (nSPS) is 19.9. The zero-order chi connectivity index (χ0) is 28.6. The highest BCUT2D eigenvalue weighted by molar-refractivity contribution is 5.91. The Kier molecular flexibility index (Phi) is 7.62. The molecule has 0 amide bonds. The topological polar surface area (TPSA) is 52.6 Å². The summed E-state index contributed by atoms with van der Waals surface area (Å²) in [4.78, 5) is 27.3. The van der Waals surface area contributed by atoms with Gasteiger partial charge in [-0.2, -0.15) is 0 Å². The van der Waals surface area contributed by atoms with Gasteiger partial charge < -0.3 is 9.47 Å². The number of ether oxygens (including phenoxy) is 2. The maximum atomic E-state index is 13.7. The molecule has 0 N–H and O–H groups in total. The van der Waals surface area contributed by atoms with Crippen LogP contribution in [0.5, 0.6) is 0 Å². The van der Waals surface area contributed by atoms with Gasteiger partial charge in [-0.1, -0.05) is 89.8 Å². The highest BCUT2D eigenvalue weighted by Gasteiger charge is 2.47. The van der Waals surface area contributed by atoms with Gasteiger partial charge in [-0.15, -0.1) is 0 Å². The van der Waals surface area contributed by atoms with Crippen LogP contribution in [0.1, 0.15) is 84.0 Å². The molecule has 1 aliphatic rings. The fourth-order valence-corrected chi connectivity index (χ4v) is 6.19. The monoisotopic (exact) mass is 532 g/mol. The van der Waals surface area contributed by atoms with E-state index >= 15 is 0 Å². The molecule has 4 atom stereocenters. The van der Waals surface area contributed by atoms with E-state index < -0.39 is 24.1 Å². The summed E-state index contributed by atoms with van der Waals surface area (Å²) in [5.74, 6) is -1.34. The first-order chi connectivity index (χ1) is 19.1. The Balaban J connectivity index is 1.63. The van der Waals surface area contributed by atoms with Gasteiger partial charge in [0.05, 0.1) is 17.0 Å². The van der Waals surface area contributed by atoms with E-state index in [1.54, 1.807) is 0 Å². The van der Waals surface area contributed by atoms with E-state index in [1.807, 2.05) is 95.3 Å². The van der Waals surface area contributed by atoms with Crippen LogP contribution in [0.2, 0.25) is 0 Å². The highest BCUT2D eigenvalue weighted by Crippen LogP contribution is 2.46. The second kappa shape index (κ2) is 11.1. The Hall–Kier alpha value is -4.18. The summed E-state index contributed by atoms with van der Waals surface area (Å²) in [5.41, 5.74) is 9.26. The number of carbonyl (C=O) groups is 2. The fraction of sp³-hybridized carbons (Fsp3) is 0.278. The maximum Gasteiger partial charge on any atom is 0.338 e. The van der Waals surface area contributed by atoms with E-state index in [9.17, 15) is 9.59 Å². The minimum Gasteiger partial charge on any atom is -0.454 e. The number of hydrogen-bond donors (Lipinski definition) is 0. The van der Waals surface area contributed by atoms with Crippen LogP contribution >= 0.6 is 0 Å². The van der Waals surface area contributed by atoms with Gasteiger partial charge in [-0.3, -0.25) is 0 Å². The molecule has 4 nitrogen and oxygen atoms in total. The molecule has 5 rings (SSSR count). The summed E-state index contributed by atoms with van der Waals surface area (Å²) in [6.07, 6.45) is -1.42. The van der Waals surface area contributed by atoms with Crippen LogP contribution in [0.25, 0.3) is 0 Å². The van der Waals surface area contributed by atoms with Gasteiger partial charge in [-0.05, 0) is 81.1 Å². The Bertz CT molecular complexity index is 1540. The van der Waals surface area contributed by atoms with E-state index in [2.05, 4.69) is 31.2 Å². The quantitative estimate of drug-likeness (QED) is 0.245. The first-order valence-electron chi connectivity index (χ1n) is 13.9. The van der Waals surface area contributed by atoms with Gasteiger partial charge >= 0.3 is 11.9 Å². The summed E-state index contributed by atoms with van der Waals surface area (Å²) in [6, 6.07) is 27.8. The first kappa shape index (κ1) is 27.4. The van der Waals surface area contributed by atoms with Crippen molar-refractivity contribution in [2.75, 3.05) is 0 Å². The molecule has 0 heterocycles. The molecule has 0 bridgehead atoms. The number of fused-ring (bicyclic) bond motifs is 1. The van der Waals surface area contributed by atoms with Crippen molar-refractivity contribution in [1.29, 1.82) is 0 Å². The molecule has 0 fully saturated rings. The third kappa shape index (κ3) is 5.44. The molecule has 4 aromatic rings. The van der Waals surface area contributed by atoms with Crippen molar-refractivity contribution < 1.29 is 19.1 Å². The van der Waals surface area contributed by atoms with E-state index in [1.165, 1.54) is 0 Å². The van der Waals surface area contributed by atoms with Crippen LogP contribution in [-0.2, 0) is 9.47 Å². The first-order valence-corrected chi connectivity index (χ1v) is 13.9. The molecule has 0 aromatic heterocycles. The molecule has 40 heavy (non-hydrogen) atoms. The molecule has 0 saturated carbocycles. The third-order valence-corrected chi connectivity index (χ3v) is 7.89. The summed E-state index contributed by atoms with van der Waals surface area (Å²) >= 11 is 0. The zero-order valence-electron chi connectivity index (χ0n) is 24.0. The molecule has 4 heteroatoms. The molecule has 1 aliphatic carbocycles. The van der Waals surface area contributed by atoms with Crippen LogP contribution < -0.4 is 0 Å². The average Bonchev–Trinajstić information content (AvgIpc) is 2.90. The van der Waals surface area contributed by atoms with Crippen LogP contribution in [0.4, 0.5) is 0 Å².